The van der Waals surface area contributed by atoms with Crippen LogP contribution in [0.4, 0.5) is 23.4 Å². The second-order valence-corrected chi connectivity index (χ2v) is 15.3. The van der Waals surface area contributed by atoms with Crippen LogP contribution in [0.5, 0.6) is 11.8 Å². The minimum Gasteiger partial charge on any atom is -0.508 e. The van der Waals surface area contributed by atoms with Gasteiger partial charge in [-0.1, -0.05) is 23.7 Å². The fourth-order valence-electron chi connectivity index (χ4n) is 8.57. The number of phenolic OH excluding ortho intramolecular Hbond substituents is 1. The Bertz CT molecular complexity index is 1990. The van der Waals surface area contributed by atoms with Gasteiger partial charge in [0, 0.05) is 65.0 Å². The van der Waals surface area contributed by atoms with Crippen molar-refractivity contribution < 1.29 is 32.5 Å². The van der Waals surface area contributed by atoms with E-state index in [2.05, 4.69) is 22.2 Å². The van der Waals surface area contributed by atoms with Crippen LogP contribution in [0.3, 0.4) is 0 Å². The van der Waals surface area contributed by atoms with Gasteiger partial charge in [0.25, 0.3) is 5.92 Å². The third-order valence-corrected chi connectivity index (χ3v) is 11.5. The number of hydrogen-bond acceptors (Lipinski definition) is 8. The Morgan fingerprint density at radius 2 is 1.94 bits per heavy atom. The van der Waals surface area contributed by atoms with E-state index in [4.69, 9.17) is 16.3 Å². The van der Waals surface area contributed by atoms with Gasteiger partial charge in [-0.15, -0.1) is 0 Å². The summed E-state index contributed by atoms with van der Waals surface area (Å²) in [6.45, 7) is 2.68. The van der Waals surface area contributed by atoms with E-state index in [9.17, 15) is 10.2 Å². The minimum atomic E-state index is -3.01. The number of rotatable bonds is 8. The fraction of sp³-hybridized carbons (Fsp3) is 0.500. The van der Waals surface area contributed by atoms with Crippen LogP contribution in [-0.2, 0) is 0 Å². The van der Waals surface area contributed by atoms with E-state index in [1.807, 2.05) is 4.90 Å². The summed E-state index contributed by atoms with van der Waals surface area (Å²) >= 11 is 6.52. The highest BCUT2D eigenvalue weighted by Gasteiger charge is 2.72. The van der Waals surface area contributed by atoms with E-state index in [0.29, 0.717) is 30.3 Å². The second kappa shape index (κ2) is 11.5. The zero-order valence-electron chi connectivity index (χ0n) is 27.2. The van der Waals surface area contributed by atoms with Gasteiger partial charge < -0.3 is 25.2 Å². The topological polar surface area (TPSA) is 94.0 Å². The number of anilines is 1. The Morgan fingerprint density at radius 3 is 2.65 bits per heavy atom. The number of ether oxygens (including phenoxy) is 1. The van der Waals surface area contributed by atoms with Crippen molar-refractivity contribution in [1.82, 2.24) is 20.2 Å². The van der Waals surface area contributed by atoms with Crippen LogP contribution in [0.25, 0.3) is 32.8 Å². The molecule has 8 rings (SSSR count). The van der Waals surface area contributed by atoms with E-state index in [-0.39, 0.29) is 63.2 Å². The molecule has 5 atom stereocenters. The predicted octanol–water partition coefficient (Wildman–Crippen LogP) is 6.67. The maximum Gasteiger partial charge on any atom is 0.319 e. The predicted molar refractivity (Wildman–Crippen MR) is 180 cm³/mol. The monoisotopic (exact) mass is 699 g/mol. The van der Waals surface area contributed by atoms with Gasteiger partial charge in [-0.25, -0.2) is 17.6 Å². The van der Waals surface area contributed by atoms with Crippen molar-refractivity contribution in [3.8, 4) is 22.9 Å². The van der Waals surface area contributed by atoms with Crippen molar-refractivity contribution in [3.05, 3.63) is 53.1 Å². The van der Waals surface area contributed by atoms with Crippen molar-refractivity contribution in [3.63, 3.8) is 0 Å². The van der Waals surface area contributed by atoms with Crippen LogP contribution < -0.4 is 15.0 Å². The third kappa shape index (κ3) is 5.55. The van der Waals surface area contributed by atoms with E-state index in [0.717, 1.165) is 25.7 Å². The van der Waals surface area contributed by atoms with Crippen molar-refractivity contribution in [2.45, 2.75) is 75.1 Å². The molecule has 2 bridgehead atoms. The first-order valence-corrected chi connectivity index (χ1v) is 17.2. The SMILES string of the molecule is CN(C[C@@]1(COc2nc(N3CC4CC[C@@](C)(C3)N4)c3cc(F)c(-c4cc(O)cc5cccc(Cl)c45)c(F)c3n2)CC1(F)F)[C@@H]1CCC[C@H]1O. The van der Waals surface area contributed by atoms with Gasteiger partial charge in [-0.3, -0.25) is 4.90 Å². The highest BCUT2D eigenvalue weighted by atomic mass is 35.5. The van der Waals surface area contributed by atoms with Crippen molar-refractivity contribution in [2.75, 3.05) is 38.2 Å². The highest BCUT2D eigenvalue weighted by molar-refractivity contribution is 6.36. The lowest BCUT2D eigenvalue weighted by Gasteiger charge is -2.40. The number of nitrogens with zero attached hydrogens (tertiary/aromatic N) is 4. The molecule has 8 nitrogen and oxygen atoms in total. The second-order valence-electron chi connectivity index (χ2n) is 14.9. The molecule has 13 heteroatoms. The number of likely N-dealkylation sites (N-methyl/N-ethyl adjacent to an activating group) is 1. The Hall–Kier alpha value is -3.45. The number of benzene rings is 3. The number of fused-ring (bicyclic) bond motifs is 4. The molecule has 260 valence electrons. The van der Waals surface area contributed by atoms with Crippen LogP contribution in [0.15, 0.2) is 36.4 Å². The molecule has 2 aliphatic heterocycles. The average Bonchev–Trinajstić information content (AvgIpc) is 3.27. The first-order valence-electron chi connectivity index (χ1n) is 16.8. The molecule has 2 aliphatic carbocycles. The van der Waals surface area contributed by atoms with Crippen molar-refractivity contribution in [1.29, 1.82) is 0 Å². The maximum absolute atomic E-state index is 16.9. The zero-order chi connectivity index (χ0) is 34.5. The lowest BCUT2D eigenvalue weighted by molar-refractivity contribution is 0.00647. The highest BCUT2D eigenvalue weighted by Crippen LogP contribution is 2.61. The molecule has 2 saturated carbocycles. The summed E-state index contributed by atoms with van der Waals surface area (Å²) in [5, 5.41) is 25.7. The van der Waals surface area contributed by atoms with Crippen LogP contribution in [0.2, 0.25) is 5.02 Å². The zero-order valence-corrected chi connectivity index (χ0v) is 28.0. The number of hydrogen-bond donors (Lipinski definition) is 3. The Morgan fingerprint density at radius 1 is 1.14 bits per heavy atom. The largest absolute Gasteiger partial charge is 0.508 e. The van der Waals surface area contributed by atoms with E-state index < -0.39 is 47.7 Å². The molecule has 49 heavy (non-hydrogen) atoms. The van der Waals surface area contributed by atoms with Gasteiger partial charge in [0.15, 0.2) is 5.82 Å². The molecule has 0 amide bonds. The van der Waals surface area contributed by atoms with Crippen molar-refractivity contribution in [2.24, 2.45) is 5.41 Å². The van der Waals surface area contributed by atoms with Crippen LogP contribution in [-0.4, -0.2) is 88.0 Å². The summed E-state index contributed by atoms with van der Waals surface area (Å²) in [5.41, 5.74) is -2.41. The number of phenols is 1. The number of aliphatic hydroxyl groups is 1. The summed E-state index contributed by atoms with van der Waals surface area (Å²) in [6, 6.07) is 8.48. The standard InChI is InChI=1S/C36H38ClF4N5O3/c1-34-10-9-20(44-34)14-46(16-34)32-23-13-25(38)29(22-12-21(47)11-19-5-3-6-24(37)28(19)22)30(39)31(23)42-33(43-32)49-18-35(15-36(35,40)41)17-45(2)26-7-4-8-27(26)48/h3,5-6,11-13,20,26-27,44,47-48H,4,7-10,14-18H2,1-2H3/t20?,26-,27-,34+,35-/m1/s1. The molecular weight excluding hydrogens is 662 g/mol. The molecular formula is C36H38ClF4N5O3. The van der Waals surface area contributed by atoms with E-state index >= 15 is 17.6 Å². The number of aromatic hydroxyl groups is 1. The third-order valence-electron chi connectivity index (χ3n) is 11.2. The van der Waals surface area contributed by atoms with Gasteiger partial charge in [-0.2, -0.15) is 9.97 Å². The summed E-state index contributed by atoms with van der Waals surface area (Å²) in [4.78, 5) is 12.8. The normalized spacial score (nSPS) is 29.0. The van der Waals surface area contributed by atoms with Crippen LogP contribution >= 0.6 is 11.6 Å². The Balaban J connectivity index is 1.23. The summed E-state index contributed by atoms with van der Waals surface area (Å²) < 4.78 is 69.2. The molecule has 3 aromatic carbocycles. The summed E-state index contributed by atoms with van der Waals surface area (Å²) in [6.07, 6.45) is 3.05. The summed E-state index contributed by atoms with van der Waals surface area (Å²) in [5.74, 6) is -4.86. The molecule has 1 unspecified atom stereocenters. The van der Waals surface area contributed by atoms with Gasteiger partial charge in [-0.05, 0) is 75.7 Å². The van der Waals surface area contributed by atoms with Gasteiger partial charge in [0.05, 0.1) is 17.1 Å². The molecule has 3 heterocycles. The molecule has 0 radical (unpaired) electrons. The molecule has 4 fully saturated rings. The maximum atomic E-state index is 16.9. The van der Waals surface area contributed by atoms with Crippen molar-refractivity contribution >= 4 is 39.1 Å². The van der Waals surface area contributed by atoms with Gasteiger partial charge >= 0.3 is 6.01 Å². The number of nitrogens with one attached hydrogen (secondary N) is 1. The van der Waals surface area contributed by atoms with Gasteiger partial charge in [0.1, 0.15) is 29.5 Å². The van der Waals surface area contributed by atoms with E-state index in [1.54, 1.807) is 30.1 Å². The number of piperazine rings is 1. The Labute approximate surface area is 286 Å². The minimum absolute atomic E-state index is 0.00491. The lowest BCUT2D eigenvalue weighted by Crippen LogP contribution is -2.58. The molecule has 3 N–H and O–H groups in total. The molecule has 1 aromatic heterocycles. The van der Waals surface area contributed by atoms with E-state index in [1.165, 1.54) is 18.2 Å². The number of alkyl halides is 2. The lowest BCUT2D eigenvalue weighted by atomic mass is 9.95. The number of halogens is 5. The van der Waals surface area contributed by atoms with Gasteiger partial charge in [0.2, 0.25) is 0 Å². The first kappa shape index (κ1) is 32.7. The molecule has 0 spiro atoms. The number of aliphatic hydroxyl groups excluding tert-OH is 1. The van der Waals surface area contributed by atoms with Crippen LogP contribution in [0, 0.1) is 17.0 Å². The fourth-order valence-corrected chi connectivity index (χ4v) is 8.85. The molecule has 4 aromatic rings. The number of aromatic nitrogens is 2. The smallest absolute Gasteiger partial charge is 0.319 e. The van der Waals surface area contributed by atoms with Crippen LogP contribution in [0.1, 0.15) is 45.4 Å². The first-order chi connectivity index (χ1) is 23.3. The average molecular weight is 700 g/mol. The summed E-state index contributed by atoms with van der Waals surface area (Å²) in [7, 11) is 1.74. The molecule has 2 saturated heterocycles. The molecule has 4 aliphatic rings. The quantitative estimate of drug-likeness (QED) is 0.176. The Kier molecular flexibility index (Phi) is 7.71.